The molecule has 0 saturated heterocycles. The third-order valence-electron chi connectivity index (χ3n) is 9.47. The molecule has 0 aliphatic rings. The number of benzene rings is 8. The van der Waals surface area contributed by atoms with E-state index in [2.05, 4.69) is 144 Å². The van der Waals surface area contributed by atoms with Crippen molar-refractivity contribution in [3.63, 3.8) is 0 Å². The van der Waals surface area contributed by atoms with E-state index in [1.807, 2.05) is 41.7 Å². The van der Waals surface area contributed by atoms with E-state index in [-0.39, 0.29) is 0 Å². The van der Waals surface area contributed by atoms with Gasteiger partial charge in [0.15, 0.2) is 5.58 Å². The van der Waals surface area contributed by atoms with Gasteiger partial charge >= 0.3 is 0 Å². The fourth-order valence-corrected chi connectivity index (χ4v) is 8.44. The smallest absolute Gasteiger partial charge is 0.227 e. The molecule has 0 saturated carbocycles. The summed E-state index contributed by atoms with van der Waals surface area (Å²) >= 11 is 1.87. The summed E-state index contributed by atoms with van der Waals surface area (Å²) in [4.78, 5) is 7.29. The molecule has 0 atom stereocenters. The van der Waals surface area contributed by atoms with Crippen LogP contribution in [0.1, 0.15) is 0 Å². The van der Waals surface area contributed by atoms with Crippen LogP contribution in [0.3, 0.4) is 0 Å². The Bertz CT molecular complexity index is 2840. The quantitative estimate of drug-likeness (QED) is 0.175. The maximum Gasteiger partial charge on any atom is 0.227 e. The number of hydrogen-bond donors (Lipinski definition) is 0. The van der Waals surface area contributed by atoms with Crippen LogP contribution >= 0.6 is 11.3 Å². The number of fused-ring (bicyclic) bond motifs is 8. The highest BCUT2D eigenvalue weighted by Crippen LogP contribution is 2.46. The number of para-hydroxylation sites is 2. The van der Waals surface area contributed by atoms with Gasteiger partial charge in [-0.05, 0) is 70.8 Å². The van der Waals surface area contributed by atoms with Crippen LogP contribution in [0.15, 0.2) is 174 Å². The van der Waals surface area contributed by atoms with Gasteiger partial charge in [-0.25, -0.2) is 4.98 Å². The first kappa shape index (κ1) is 27.8. The molecule has 0 spiro atoms. The van der Waals surface area contributed by atoms with Crippen molar-refractivity contribution in [1.29, 1.82) is 0 Å². The highest BCUT2D eigenvalue weighted by atomic mass is 32.1. The van der Waals surface area contributed by atoms with Crippen molar-refractivity contribution < 1.29 is 4.42 Å². The largest absolute Gasteiger partial charge is 0.435 e. The van der Waals surface area contributed by atoms with Crippen LogP contribution in [0.2, 0.25) is 0 Å². The molecule has 230 valence electrons. The average Bonchev–Trinajstić information content (AvgIpc) is 3.78. The number of nitrogens with zero attached hydrogens (tertiary/aromatic N) is 2. The Morgan fingerprint density at radius 3 is 2.10 bits per heavy atom. The number of anilines is 3. The summed E-state index contributed by atoms with van der Waals surface area (Å²) in [5, 5.41) is 7.07. The predicted octanol–water partition coefficient (Wildman–Crippen LogP) is 13.3. The van der Waals surface area contributed by atoms with E-state index in [1.54, 1.807) is 0 Å². The lowest BCUT2D eigenvalue weighted by Gasteiger charge is -2.28. The molecule has 0 amide bonds. The highest BCUT2D eigenvalue weighted by Gasteiger charge is 2.21. The van der Waals surface area contributed by atoms with Crippen molar-refractivity contribution in [2.24, 2.45) is 0 Å². The summed E-state index contributed by atoms with van der Waals surface area (Å²) in [6.07, 6.45) is 0. The van der Waals surface area contributed by atoms with E-state index >= 15 is 0 Å². The number of thiophene rings is 1. The zero-order valence-corrected chi connectivity index (χ0v) is 27.2. The van der Waals surface area contributed by atoms with Crippen LogP contribution in [0.5, 0.6) is 0 Å². The second-order valence-electron chi connectivity index (χ2n) is 12.3. The first-order valence-electron chi connectivity index (χ1n) is 16.5. The number of hydrogen-bond acceptors (Lipinski definition) is 4. The summed E-state index contributed by atoms with van der Waals surface area (Å²) in [6.45, 7) is 0. The summed E-state index contributed by atoms with van der Waals surface area (Å²) in [5.74, 6) is 0.631. The van der Waals surface area contributed by atoms with Crippen molar-refractivity contribution >= 4 is 81.2 Å². The Hall–Kier alpha value is -6.23. The molecule has 2 heterocycles. The van der Waals surface area contributed by atoms with Gasteiger partial charge in [-0.1, -0.05) is 115 Å². The molecule has 0 unspecified atom stereocenters. The fraction of sp³-hybridized carbons (Fsp3) is 0. The Morgan fingerprint density at radius 1 is 0.510 bits per heavy atom. The maximum atomic E-state index is 6.56. The van der Waals surface area contributed by atoms with Gasteiger partial charge < -0.3 is 9.32 Å². The average molecular weight is 645 g/mol. The summed E-state index contributed by atoms with van der Waals surface area (Å²) in [7, 11) is 0. The van der Waals surface area contributed by atoms with Crippen LogP contribution in [-0.2, 0) is 0 Å². The lowest BCUT2D eigenvalue weighted by Crippen LogP contribution is -2.11. The topological polar surface area (TPSA) is 29.3 Å². The molecule has 0 N–H and O–H groups in total. The first-order valence-corrected chi connectivity index (χ1v) is 17.3. The van der Waals surface area contributed by atoms with Crippen molar-refractivity contribution in [1.82, 2.24) is 4.98 Å². The molecule has 0 aliphatic heterocycles. The molecule has 49 heavy (non-hydrogen) atoms. The molecule has 2 aromatic heterocycles. The molecule has 0 radical (unpaired) electrons. The Kier molecular flexibility index (Phi) is 6.36. The Balaban J connectivity index is 1.22. The molecule has 3 nitrogen and oxygen atoms in total. The minimum Gasteiger partial charge on any atom is -0.435 e. The van der Waals surface area contributed by atoms with Crippen molar-refractivity contribution in [2.45, 2.75) is 0 Å². The number of oxazole rings is 1. The molecular weight excluding hydrogens is 617 g/mol. The van der Waals surface area contributed by atoms with E-state index in [0.717, 1.165) is 55.3 Å². The van der Waals surface area contributed by atoms with E-state index in [0.29, 0.717) is 5.89 Å². The molecule has 4 heteroatoms. The van der Waals surface area contributed by atoms with Gasteiger partial charge in [0.05, 0.1) is 5.69 Å². The second kappa shape index (κ2) is 11.2. The summed E-state index contributed by atoms with van der Waals surface area (Å²) in [5.41, 5.74) is 8.33. The van der Waals surface area contributed by atoms with Gasteiger partial charge in [0.1, 0.15) is 5.52 Å². The van der Waals surface area contributed by atoms with Gasteiger partial charge in [0, 0.05) is 53.6 Å². The molecule has 10 aromatic rings. The highest BCUT2D eigenvalue weighted by molar-refractivity contribution is 7.26. The predicted molar refractivity (Wildman–Crippen MR) is 207 cm³/mol. The third kappa shape index (κ3) is 4.53. The van der Waals surface area contributed by atoms with Crippen LogP contribution in [0.25, 0.3) is 75.4 Å². The van der Waals surface area contributed by atoms with Crippen LogP contribution in [0.4, 0.5) is 17.1 Å². The number of aromatic nitrogens is 1. The molecule has 8 aromatic carbocycles. The van der Waals surface area contributed by atoms with E-state index < -0.39 is 0 Å². The van der Waals surface area contributed by atoms with Crippen LogP contribution in [-0.4, -0.2) is 4.98 Å². The zero-order chi connectivity index (χ0) is 32.3. The first-order chi connectivity index (χ1) is 24.3. The summed E-state index contributed by atoms with van der Waals surface area (Å²) in [6, 6.07) is 60.3. The van der Waals surface area contributed by atoms with Gasteiger partial charge in [-0.2, -0.15) is 0 Å². The van der Waals surface area contributed by atoms with E-state index in [4.69, 9.17) is 9.40 Å². The second-order valence-corrected chi connectivity index (χ2v) is 13.4. The molecule has 0 fully saturated rings. The normalized spacial score (nSPS) is 11.7. The Labute approximate surface area is 286 Å². The van der Waals surface area contributed by atoms with Crippen LogP contribution in [0, 0.1) is 0 Å². The lowest BCUT2D eigenvalue weighted by atomic mass is 9.98. The van der Waals surface area contributed by atoms with Gasteiger partial charge in [0.25, 0.3) is 0 Å². The van der Waals surface area contributed by atoms with Gasteiger partial charge in [0.2, 0.25) is 5.89 Å². The van der Waals surface area contributed by atoms with E-state index in [1.165, 1.54) is 31.3 Å². The van der Waals surface area contributed by atoms with Gasteiger partial charge in [-0.15, -0.1) is 11.3 Å². The molecule has 0 aliphatic carbocycles. The Morgan fingerprint density at radius 2 is 1.20 bits per heavy atom. The standard InChI is InChI=1S/C45H28N2OS/c1-3-12-31(13-4-1)45-46-39-27-25-30-23-22-29-24-26-33(28-38(29)42(30)43(39)48-45)47(32-14-5-2-6-15-32)40-20-9-7-16-34(40)36-18-11-19-37-35-17-8-10-21-41(35)49-44(36)37/h1-28H. The maximum absolute atomic E-state index is 6.56. The monoisotopic (exact) mass is 644 g/mol. The number of rotatable bonds is 5. The van der Waals surface area contributed by atoms with Crippen molar-refractivity contribution in [3.8, 4) is 22.6 Å². The van der Waals surface area contributed by atoms with Crippen molar-refractivity contribution in [2.75, 3.05) is 4.90 Å². The molecule has 0 bridgehead atoms. The van der Waals surface area contributed by atoms with E-state index in [9.17, 15) is 0 Å². The zero-order valence-electron chi connectivity index (χ0n) is 26.4. The third-order valence-corrected chi connectivity index (χ3v) is 10.7. The fourth-order valence-electron chi connectivity index (χ4n) is 7.21. The van der Waals surface area contributed by atoms with Crippen molar-refractivity contribution in [3.05, 3.63) is 170 Å². The molecular formula is C45H28N2OS. The summed E-state index contributed by atoms with van der Waals surface area (Å²) < 4.78 is 9.17. The minimum absolute atomic E-state index is 0.631. The van der Waals surface area contributed by atoms with Crippen LogP contribution < -0.4 is 4.90 Å². The molecule has 10 rings (SSSR count). The SMILES string of the molecule is c1ccc(-c2nc3ccc4ccc5ccc(N(c6ccccc6)c6ccccc6-c6cccc7c6sc6ccccc67)cc5c4c3o2)cc1. The van der Waals surface area contributed by atoms with Gasteiger partial charge in [-0.3, -0.25) is 0 Å². The minimum atomic E-state index is 0.631. The lowest BCUT2D eigenvalue weighted by molar-refractivity contribution is 0.623.